The first kappa shape index (κ1) is 14.6. The van der Waals surface area contributed by atoms with E-state index in [0.717, 1.165) is 28.4 Å². The van der Waals surface area contributed by atoms with Crippen LogP contribution in [0.2, 0.25) is 0 Å². The minimum absolute atomic E-state index is 0.187. The summed E-state index contributed by atoms with van der Waals surface area (Å²) in [5.41, 5.74) is 1.62. The fraction of sp³-hybridized carbons (Fsp3) is 0.286. The highest BCUT2D eigenvalue weighted by molar-refractivity contribution is 9.11. The van der Waals surface area contributed by atoms with Crippen molar-refractivity contribution in [2.45, 2.75) is 19.4 Å². The molecule has 0 spiro atoms. The minimum atomic E-state index is -0.549. The predicted octanol–water partition coefficient (Wildman–Crippen LogP) is 4.88. The van der Waals surface area contributed by atoms with Gasteiger partial charge in [0.25, 0.3) is 0 Å². The first-order valence-corrected chi connectivity index (χ1v) is 7.70. The molecular weight excluding hydrogens is 332 g/mol. The van der Waals surface area contributed by atoms with E-state index in [1.807, 2.05) is 11.4 Å². The van der Waals surface area contributed by atoms with Crippen LogP contribution in [0.4, 0.5) is 8.78 Å². The third kappa shape index (κ3) is 3.84. The van der Waals surface area contributed by atoms with Gasteiger partial charge in [-0.15, -0.1) is 11.3 Å². The molecule has 0 aliphatic rings. The van der Waals surface area contributed by atoms with Crippen molar-refractivity contribution in [3.63, 3.8) is 0 Å². The van der Waals surface area contributed by atoms with Crippen molar-refractivity contribution in [1.29, 1.82) is 0 Å². The third-order valence-corrected chi connectivity index (χ3v) is 4.26. The van der Waals surface area contributed by atoms with Gasteiger partial charge in [0.2, 0.25) is 0 Å². The van der Waals surface area contributed by atoms with Gasteiger partial charge < -0.3 is 5.32 Å². The van der Waals surface area contributed by atoms with Crippen LogP contribution in [0, 0.1) is 11.6 Å². The molecule has 0 bridgehead atoms. The Morgan fingerprint density at radius 1 is 1.16 bits per heavy atom. The van der Waals surface area contributed by atoms with Crippen molar-refractivity contribution < 1.29 is 8.78 Å². The molecule has 1 aromatic carbocycles. The second-order valence-corrected chi connectivity index (χ2v) is 6.56. The molecule has 0 aliphatic carbocycles. The van der Waals surface area contributed by atoms with E-state index < -0.39 is 11.6 Å². The Hall–Kier alpha value is -0.780. The summed E-state index contributed by atoms with van der Waals surface area (Å²) in [5.74, 6) is -1.10. The van der Waals surface area contributed by atoms with Gasteiger partial charge in [0.05, 0.1) is 9.83 Å². The zero-order valence-electron chi connectivity index (χ0n) is 10.4. The Labute approximate surface area is 123 Å². The second-order valence-electron chi connectivity index (χ2n) is 4.27. The molecule has 1 heterocycles. The van der Waals surface area contributed by atoms with E-state index in [1.165, 1.54) is 12.1 Å². The smallest absolute Gasteiger partial charge is 0.126 e. The van der Waals surface area contributed by atoms with E-state index in [1.54, 1.807) is 11.3 Å². The number of rotatable bonds is 5. The van der Waals surface area contributed by atoms with E-state index in [2.05, 4.69) is 28.2 Å². The molecule has 1 unspecified atom stereocenters. The van der Waals surface area contributed by atoms with Gasteiger partial charge in [0, 0.05) is 6.07 Å². The van der Waals surface area contributed by atoms with Crippen LogP contribution in [0.5, 0.6) is 0 Å². The number of halogens is 3. The lowest BCUT2D eigenvalue weighted by Gasteiger charge is -2.18. The van der Waals surface area contributed by atoms with Crippen LogP contribution in [-0.4, -0.2) is 6.54 Å². The lowest BCUT2D eigenvalue weighted by molar-refractivity contribution is 0.559. The molecule has 1 atom stereocenters. The van der Waals surface area contributed by atoms with E-state index in [9.17, 15) is 8.78 Å². The molecule has 1 nitrogen and oxygen atoms in total. The Bertz CT molecular complexity index is 536. The van der Waals surface area contributed by atoms with Crippen LogP contribution in [0.25, 0.3) is 0 Å². The van der Waals surface area contributed by atoms with Gasteiger partial charge >= 0.3 is 0 Å². The highest BCUT2D eigenvalue weighted by Crippen LogP contribution is 2.30. The molecule has 0 amide bonds. The maximum Gasteiger partial charge on any atom is 0.126 e. The Balaban J connectivity index is 2.36. The molecule has 2 rings (SSSR count). The van der Waals surface area contributed by atoms with Gasteiger partial charge in [-0.05, 0) is 63.6 Å². The van der Waals surface area contributed by atoms with Crippen molar-refractivity contribution in [2.75, 3.05) is 6.54 Å². The average Bonchev–Trinajstić information content (AvgIpc) is 2.75. The monoisotopic (exact) mass is 345 g/mol. The molecule has 0 fully saturated rings. The normalized spacial score (nSPS) is 12.6. The maximum atomic E-state index is 13.4. The van der Waals surface area contributed by atoms with Crippen molar-refractivity contribution in [3.8, 4) is 0 Å². The quantitative estimate of drug-likeness (QED) is 0.814. The average molecular weight is 346 g/mol. The molecule has 1 aromatic heterocycles. The number of benzene rings is 1. The summed E-state index contributed by atoms with van der Waals surface area (Å²) in [7, 11) is 0. The molecule has 5 heteroatoms. The van der Waals surface area contributed by atoms with Crippen LogP contribution in [0.3, 0.4) is 0 Å². The zero-order chi connectivity index (χ0) is 13.8. The first-order chi connectivity index (χ1) is 9.10. The molecule has 2 aromatic rings. The van der Waals surface area contributed by atoms with Crippen LogP contribution in [0.1, 0.15) is 30.5 Å². The third-order valence-electron chi connectivity index (χ3n) is 2.74. The number of hydrogen-bond acceptors (Lipinski definition) is 2. The molecule has 0 saturated heterocycles. The number of thiophene rings is 1. The first-order valence-electron chi connectivity index (χ1n) is 6.03. The van der Waals surface area contributed by atoms with E-state index in [4.69, 9.17) is 0 Å². The van der Waals surface area contributed by atoms with Crippen LogP contribution >= 0.6 is 27.3 Å². The molecule has 1 N–H and O–H groups in total. The largest absolute Gasteiger partial charge is 0.306 e. The lowest BCUT2D eigenvalue weighted by Crippen LogP contribution is -2.23. The summed E-state index contributed by atoms with van der Waals surface area (Å²) in [5, 5.41) is 5.31. The zero-order valence-corrected chi connectivity index (χ0v) is 12.8. The number of nitrogens with one attached hydrogen (secondary N) is 1. The second kappa shape index (κ2) is 6.59. The minimum Gasteiger partial charge on any atom is -0.306 e. The van der Waals surface area contributed by atoms with Crippen molar-refractivity contribution in [1.82, 2.24) is 5.32 Å². The summed E-state index contributed by atoms with van der Waals surface area (Å²) in [6.07, 6.45) is 0.958. The molecule has 0 radical (unpaired) electrons. The molecular formula is C14H14BrF2NS. The fourth-order valence-electron chi connectivity index (χ4n) is 1.93. The van der Waals surface area contributed by atoms with Gasteiger partial charge in [0.1, 0.15) is 11.6 Å². The summed E-state index contributed by atoms with van der Waals surface area (Å²) >= 11 is 4.97. The summed E-state index contributed by atoms with van der Waals surface area (Å²) < 4.78 is 27.7. The van der Waals surface area contributed by atoms with Crippen LogP contribution in [-0.2, 0) is 0 Å². The van der Waals surface area contributed by atoms with Crippen molar-refractivity contribution in [2.24, 2.45) is 0 Å². The van der Waals surface area contributed by atoms with Crippen LogP contribution in [0.15, 0.2) is 33.4 Å². The van der Waals surface area contributed by atoms with E-state index in [-0.39, 0.29) is 6.04 Å². The fourth-order valence-corrected chi connectivity index (χ4v) is 3.14. The van der Waals surface area contributed by atoms with Gasteiger partial charge in [-0.2, -0.15) is 0 Å². The van der Waals surface area contributed by atoms with Crippen LogP contribution < -0.4 is 5.32 Å². The Kier molecular flexibility index (Phi) is 5.07. The standard InChI is InChI=1S/C14H14BrF2NS/c1-2-3-18-14(10-6-13(15)19-8-10)9-4-11(16)7-12(17)5-9/h4-8,14,18H,2-3H2,1H3. The van der Waals surface area contributed by atoms with Crippen molar-refractivity contribution >= 4 is 27.3 Å². The topological polar surface area (TPSA) is 12.0 Å². The summed E-state index contributed by atoms with van der Waals surface area (Å²) in [6, 6.07) is 5.43. The highest BCUT2D eigenvalue weighted by Gasteiger charge is 2.16. The maximum absolute atomic E-state index is 13.4. The van der Waals surface area contributed by atoms with E-state index >= 15 is 0 Å². The van der Waals surface area contributed by atoms with Gasteiger partial charge in [-0.3, -0.25) is 0 Å². The molecule has 0 saturated carbocycles. The summed E-state index contributed by atoms with van der Waals surface area (Å²) in [4.78, 5) is 0. The lowest BCUT2D eigenvalue weighted by atomic mass is 10.0. The SMILES string of the molecule is CCCNC(c1cc(F)cc(F)c1)c1csc(Br)c1. The molecule has 19 heavy (non-hydrogen) atoms. The summed E-state index contributed by atoms with van der Waals surface area (Å²) in [6.45, 7) is 2.84. The van der Waals surface area contributed by atoms with Gasteiger partial charge in [0.15, 0.2) is 0 Å². The van der Waals surface area contributed by atoms with Gasteiger partial charge in [-0.1, -0.05) is 6.92 Å². The molecule has 0 aliphatic heterocycles. The predicted molar refractivity (Wildman–Crippen MR) is 78.5 cm³/mol. The highest BCUT2D eigenvalue weighted by atomic mass is 79.9. The molecule has 102 valence electrons. The Morgan fingerprint density at radius 2 is 1.84 bits per heavy atom. The van der Waals surface area contributed by atoms with Gasteiger partial charge in [-0.25, -0.2) is 8.78 Å². The van der Waals surface area contributed by atoms with E-state index in [0.29, 0.717) is 5.56 Å². The van der Waals surface area contributed by atoms with Crippen molar-refractivity contribution in [3.05, 3.63) is 56.2 Å². The number of hydrogen-bond donors (Lipinski definition) is 1. The Morgan fingerprint density at radius 3 is 2.37 bits per heavy atom.